The number of para-hydroxylation sites is 1. The second-order valence-corrected chi connectivity index (χ2v) is 4.62. The predicted octanol–water partition coefficient (Wildman–Crippen LogP) is 3.18. The molecular formula is C17H16FNO3. The predicted molar refractivity (Wildman–Crippen MR) is 81.1 cm³/mol. The molecule has 0 spiro atoms. The van der Waals surface area contributed by atoms with Gasteiger partial charge in [0, 0.05) is 0 Å². The van der Waals surface area contributed by atoms with Crippen LogP contribution in [-0.2, 0) is 16.0 Å². The number of rotatable bonds is 5. The fourth-order valence-electron chi connectivity index (χ4n) is 2.01. The second kappa shape index (κ2) is 7.36. The molecule has 0 aliphatic heterocycles. The van der Waals surface area contributed by atoms with Crippen molar-refractivity contribution in [3.8, 4) is 0 Å². The number of benzene rings is 2. The Kier molecular flexibility index (Phi) is 5.25. The van der Waals surface area contributed by atoms with E-state index in [0.717, 1.165) is 0 Å². The topological polar surface area (TPSA) is 55.4 Å². The minimum atomic E-state index is -0.496. The highest BCUT2D eigenvalue weighted by atomic mass is 19.1. The summed E-state index contributed by atoms with van der Waals surface area (Å²) in [5.41, 5.74) is 1.23. The first-order valence-corrected chi connectivity index (χ1v) is 6.90. The van der Waals surface area contributed by atoms with Gasteiger partial charge in [-0.15, -0.1) is 0 Å². The zero-order chi connectivity index (χ0) is 15.9. The van der Waals surface area contributed by atoms with E-state index in [9.17, 15) is 14.0 Å². The Morgan fingerprint density at radius 1 is 1.14 bits per heavy atom. The lowest BCUT2D eigenvalue weighted by molar-refractivity contribution is -0.115. The van der Waals surface area contributed by atoms with Gasteiger partial charge in [0.25, 0.3) is 0 Å². The van der Waals surface area contributed by atoms with Gasteiger partial charge >= 0.3 is 5.97 Å². The molecule has 0 aliphatic rings. The highest BCUT2D eigenvalue weighted by Crippen LogP contribution is 2.17. The van der Waals surface area contributed by atoms with Gasteiger partial charge in [0.05, 0.1) is 24.3 Å². The average molecular weight is 301 g/mol. The molecule has 0 fully saturated rings. The van der Waals surface area contributed by atoms with Crippen molar-refractivity contribution in [2.24, 2.45) is 0 Å². The van der Waals surface area contributed by atoms with E-state index in [4.69, 9.17) is 4.74 Å². The van der Waals surface area contributed by atoms with Crippen LogP contribution in [0.4, 0.5) is 10.1 Å². The van der Waals surface area contributed by atoms with Gasteiger partial charge in [0.1, 0.15) is 5.82 Å². The molecule has 0 saturated carbocycles. The van der Waals surface area contributed by atoms with E-state index in [-0.39, 0.29) is 24.5 Å². The molecule has 2 aromatic carbocycles. The van der Waals surface area contributed by atoms with Crippen molar-refractivity contribution in [1.29, 1.82) is 0 Å². The smallest absolute Gasteiger partial charge is 0.340 e. The molecule has 0 aliphatic carbocycles. The van der Waals surface area contributed by atoms with Crippen molar-refractivity contribution < 1.29 is 18.7 Å². The summed E-state index contributed by atoms with van der Waals surface area (Å²) < 4.78 is 18.1. The maximum Gasteiger partial charge on any atom is 0.340 e. The van der Waals surface area contributed by atoms with E-state index in [1.54, 1.807) is 43.3 Å². The largest absolute Gasteiger partial charge is 0.462 e. The molecule has 2 rings (SSSR count). The molecule has 2 aromatic rings. The van der Waals surface area contributed by atoms with Gasteiger partial charge in [-0.2, -0.15) is 0 Å². The van der Waals surface area contributed by atoms with Gasteiger partial charge in [-0.1, -0.05) is 24.3 Å². The monoisotopic (exact) mass is 301 g/mol. The Bertz CT molecular complexity index is 685. The molecule has 1 N–H and O–H groups in total. The number of hydrogen-bond donors (Lipinski definition) is 1. The van der Waals surface area contributed by atoms with Crippen LogP contribution in [0, 0.1) is 5.82 Å². The molecule has 0 saturated heterocycles. The van der Waals surface area contributed by atoms with Crippen molar-refractivity contribution in [2.45, 2.75) is 13.3 Å². The lowest BCUT2D eigenvalue weighted by Gasteiger charge is -2.10. The first-order valence-electron chi connectivity index (χ1n) is 6.90. The van der Waals surface area contributed by atoms with Crippen molar-refractivity contribution >= 4 is 17.6 Å². The number of hydrogen-bond acceptors (Lipinski definition) is 3. The van der Waals surface area contributed by atoms with Gasteiger partial charge in [-0.05, 0) is 36.8 Å². The minimum absolute atomic E-state index is 0.0227. The van der Waals surface area contributed by atoms with Crippen LogP contribution in [-0.4, -0.2) is 18.5 Å². The minimum Gasteiger partial charge on any atom is -0.462 e. The summed E-state index contributed by atoms with van der Waals surface area (Å²) in [4.78, 5) is 23.9. The summed E-state index contributed by atoms with van der Waals surface area (Å²) in [6.07, 6.45) is 0.0227. The highest BCUT2D eigenvalue weighted by molar-refractivity contribution is 6.01. The second-order valence-electron chi connectivity index (χ2n) is 4.62. The third-order valence-electron chi connectivity index (χ3n) is 2.95. The highest BCUT2D eigenvalue weighted by Gasteiger charge is 2.14. The standard InChI is InChI=1S/C17H16FNO3/c1-2-22-17(21)14-8-3-4-9-15(14)19-16(20)11-12-6-5-7-13(18)10-12/h3-10H,2,11H2,1H3,(H,19,20). The van der Waals surface area contributed by atoms with Gasteiger partial charge in [-0.25, -0.2) is 9.18 Å². The number of carbonyl (C=O) groups is 2. The quantitative estimate of drug-likeness (QED) is 0.863. The first kappa shape index (κ1) is 15.7. The Balaban J connectivity index is 2.10. The van der Waals surface area contributed by atoms with Crippen molar-refractivity contribution in [3.63, 3.8) is 0 Å². The molecule has 4 nitrogen and oxygen atoms in total. The maximum absolute atomic E-state index is 13.1. The summed E-state index contributed by atoms with van der Waals surface area (Å²) in [6.45, 7) is 1.97. The summed E-state index contributed by atoms with van der Waals surface area (Å²) in [5.74, 6) is -1.22. The van der Waals surface area contributed by atoms with E-state index in [1.807, 2.05) is 0 Å². The molecular weight excluding hydrogens is 285 g/mol. The molecule has 0 bridgehead atoms. The van der Waals surface area contributed by atoms with Crippen molar-refractivity contribution in [1.82, 2.24) is 0 Å². The number of ether oxygens (including phenoxy) is 1. The Morgan fingerprint density at radius 3 is 2.64 bits per heavy atom. The first-order chi connectivity index (χ1) is 10.6. The van der Waals surface area contributed by atoms with E-state index < -0.39 is 11.8 Å². The molecule has 0 heterocycles. The molecule has 0 radical (unpaired) electrons. The van der Waals surface area contributed by atoms with Crippen molar-refractivity contribution in [3.05, 3.63) is 65.5 Å². The Hall–Kier alpha value is -2.69. The third kappa shape index (κ3) is 4.15. The molecule has 22 heavy (non-hydrogen) atoms. The fourth-order valence-corrected chi connectivity index (χ4v) is 2.01. The summed E-state index contributed by atoms with van der Waals surface area (Å²) in [5, 5.41) is 2.66. The van der Waals surface area contributed by atoms with Gasteiger partial charge in [0.2, 0.25) is 5.91 Å². The number of amides is 1. The molecule has 114 valence electrons. The number of carbonyl (C=O) groups excluding carboxylic acids is 2. The van der Waals surface area contributed by atoms with Gasteiger partial charge in [0.15, 0.2) is 0 Å². The third-order valence-corrected chi connectivity index (χ3v) is 2.95. The number of halogens is 1. The summed E-state index contributed by atoms with van der Waals surface area (Å²) in [6, 6.07) is 12.4. The number of esters is 1. The van der Waals surface area contributed by atoms with Crippen LogP contribution in [0.15, 0.2) is 48.5 Å². The van der Waals surface area contributed by atoms with Gasteiger partial charge in [-0.3, -0.25) is 4.79 Å². The summed E-state index contributed by atoms with van der Waals surface area (Å²) in [7, 11) is 0. The van der Waals surface area contributed by atoms with E-state index >= 15 is 0 Å². The van der Waals surface area contributed by atoms with E-state index in [1.165, 1.54) is 12.1 Å². The van der Waals surface area contributed by atoms with Crippen LogP contribution in [0.1, 0.15) is 22.8 Å². The summed E-state index contributed by atoms with van der Waals surface area (Å²) >= 11 is 0. The van der Waals surface area contributed by atoms with E-state index in [0.29, 0.717) is 11.3 Å². The zero-order valence-electron chi connectivity index (χ0n) is 12.1. The maximum atomic E-state index is 13.1. The Labute approximate surface area is 127 Å². The lowest BCUT2D eigenvalue weighted by Crippen LogP contribution is -2.17. The van der Waals surface area contributed by atoms with Gasteiger partial charge < -0.3 is 10.1 Å². The van der Waals surface area contributed by atoms with Crippen LogP contribution in [0.3, 0.4) is 0 Å². The molecule has 1 amide bonds. The van der Waals surface area contributed by atoms with Crippen LogP contribution in [0.25, 0.3) is 0 Å². The SMILES string of the molecule is CCOC(=O)c1ccccc1NC(=O)Cc1cccc(F)c1. The number of anilines is 1. The van der Waals surface area contributed by atoms with Crippen LogP contribution in [0.5, 0.6) is 0 Å². The zero-order valence-corrected chi connectivity index (χ0v) is 12.1. The normalized spacial score (nSPS) is 10.1. The van der Waals surface area contributed by atoms with Crippen molar-refractivity contribution in [2.75, 3.05) is 11.9 Å². The molecule has 0 aromatic heterocycles. The average Bonchev–Trinajstić information content (AvgIpc) is 2.48. The number of nitrogens with one attached hydrogen (secondary N) is 1. The lowest BCUT2D eigenvalue weighted by atomic mass is 10.1. The molecule has 0 unspecified atom stereocenters. The van der Waals surface area contributed by atoms with Crippen LogP contribution >= 0.6 is 0 Å². The molecule has 5 heteroatoms. The van der Waals surface area contributed by atoms with E-state index in [2.05, 4.69) is 5.32 Å². The Morgan fingerprint density at radius 2 is 1.91 bits per heavy atom. The van der Waals surface area contributed by atoms with Crippen LogP contribution in [0.2, 0.25) is 0 Å². The fraction of sp³-hybridized carbons (Fsp3) is 0.176. The molecule has 0 atom stereocenters. The van der Waals surface area contributed by atoms with Crippen LogP contribution < -0.4 is 5.32 Å².